The van der Waals surface area contributed by atoms with E-state index in [1.165, 1.54) is 11.1 Å². The Kier molecular flexibility index (Phi) is 1.82. The van der Waals surface area contributed by atoms with Crippen molar-refractivity contribution in [3.63, 3.8) is 0 Å². The van der Waals surface area contributed by atoms with Gasteiger partial charge in [-0.2, -0.15) is 10.2 Å². The first-order chi connectivity index (χ1) is 5.97. The lowest BCUT2D eigenvalue weighted by atomic mass is 9.95. The van der Waals surface area contributed by atoms with E-state index in [1.54, 1.807) is 12.4 Å². The zero-order chi connectivity index (χ0) is 8.23. The number of fused-ring (bicyclic) bond motifs is 1. The van der Waals surface area contributed by atoms with Gasteiger partial charge in [0.15, 0.2) is 0 Å². The lowest BCUT2D eigenvalue weighted by Gasteiger charge is -2.10. The van der Waals surface area contributed by atoms with Crippen LogP contribution in [0.3, 0.4) is 0 Å². The van der Waals surface area contributed by atoms with Gasteiger partial charge in [-0.25, -0.2) is 0 Å². The summed E-state index contributed by atoms with van der Waals surface area (Å²) in [6.45, 7) is 0. The molecule has 3 rings (SSSR count). The molecule has 0 aromatic carbocycles. The molecule has 0 fully saturated rings. The van der Waals surface area contributed by atoms with Crippen molar-refractivity contribution < 1.29 is 0 Å². The molecule has 0 unspecified atom stereocenters. The fraction of sp³-hybridized carbons (Fsp3) is 0. The van der Waals surface area contributed by atoms with Crippen molar-refractivity contribution in [1.29, 1.82) is 0 Å². The zero-order valence-corrected chi connectivity index (χ0v) is 6.51. The molecule has 2 nitrogen and oxygen atoms in total. The standard InChI is InChI=1S/C6H4.C4H4N2/c1-2-6-4-3-5(1)6;1-2-4-6-5-3-1/h2*1-4H. The molecule has 0 saturated heterocycles. The number of aromatic nitrogens is 2. The van der Waals surface area contributed by atoms with Gasteiger partial charge in [-0.1, -0.05) is 24.3 Å². The summed E-state index contributed by atoms with van der Waals surface area (Å²) in [5, 5.41) is 7.07. The molecule has 2 heteroatoms. The number of benzene rings is 1. The average Bonchev–Trinajstić information content (AvgIpc) is 2.15. The van der Waals surface area contributed by atoms with Crippen molar-refractivity contribution >= 4 is 0 Å². The molecule has 1 aromatic rings. The minimum absolute atomic E-state index is 1.43. The average molecular weight is 156 g/mol. The fourth-order valence-electron chi connectivity index (χ4n) is 0.916. The Morgan fingerprint density at radius 1 is 0.667 bits per heavy atom. The molecule has 0 aliphatic heterocycles. The zero-order valence-electron chi connectivity index (χ0n) is 6.51. The largest absolute Gasteiger partial charge is 0.159 e. The molecular weight excluding hydrogens is 148 g/mol. The molecule has 0 saturated carbocycles. The van der Waals surface area contributed by atoms with Crippen LogP contribution in [0.2, 0.25) is 0 Å². The highest BCUT2D eigenvalue weighted by Gasteiger charge is 2.03. The van der Waals surface area contributed by atoms with Crippen LogP contribution in [-0.4, -0.2) is 10.2 Å². The van der Waals surface area contributed by atoms with Gasteiger partial charge in [0, 0.05) is 12.4 Å². The normalized spacial score (nSPS) is 9.67. The maximum atomic E-state index is 3.53. The monoisotopic (exact) mass is 156 g/mol. The molecule has 12 heavy (non-hydrogen) atoms. The third-order valence-electron chi connectivity index (χ3n) is 1.70. The Morgan fingerprint density at radius 3 is 1.17 bits per heavy atom. The molecule has 0 bridgehead atoms. The Labute approximate surface area is 70.9 Å². The van der Waals surface area contributed by atoms with Crippen molar-refractivity contribution in [2.75, 3.05) is 0 Å². The van der Waals surface area contributed by atoms with Crippen LogP contribution in [0.15, 0.2) is 48.8 Å². The van der Waals surface area contributed by atoms with Gasteiger partial charge >= 0.3 is 0 Å². The first-order valence-corrected chi connectivity index (χ1v) is 3.79. The number of nitrogens with zero attached hydrogens (tertiary/aromatic N) is 2. The Bertz CT molecular complexity index is 290. The van der Waals surface area contributed by atoms with Crippen molar-refractivity contribution in [2.45, 2.75) is 0 Å². The predicted molar refractivity (Wildman–Crippen MR) is 47.5 cm³/mol. The van der Waals surface area contributed by atoms with E-state index < -0.39 is 0 Å². The van der Waals surface area contributed by atoms with Gasteiger partial charge < -0.3 is 0 Å². The number of rotatable bonds is 0. The van der Waals surface area contributed by atoms with E-state index in [0.717, 1.165) is 0 Å². The second-order valence-corrected chi connectivity index (χ2v) is 2.49. The first-order valence-electron chi connectivity index (χ1n) is 3.79. The van der Waals surface area contributed by atoms with E-state index in [4.69, 9.17) is 0 Å². The Balaban J connectivity index is 0.0000000939. The van der Waals surface area contributed by atoms with Gasteiger partial charge in [0.2, 0.25) is 0 Å². The molecule has 0 atom stereocenters. The maximum absolute atomic E-state index is 3.53. The summed E-state index contributed by atoms with van der Waals surface area (Å²) < 4.78 is 0. The molecule has 2 aliphatic carbocycles. The molecule has 0 amide bonds. The number of hydrogen-bond donors (Lipinski definition) is 0. The van der Waals surface area contributed by atoms with Gasteiger partial charge in [-0.15, -0.1) is 0 Å². The van der Waals surface area contributed by atoms with Crippen LogP contribution in [-0.2, 0) is 0 Å². The third kappa shape index (κ3) is 1.32. The van der Waals surface area contributed by atoms with Gasteiger partial charge in [0.1, 0.15) is 0 Å². The number of hydrogen-bond acceptors (Lipinski definition) is 2. The van der Waals surface area contributed by atoms with E-state index in [2.05, 4.69) is 34.5 Å². The predicted octanol–water partition coefficient (Wildman–Crippen LogP) is 2.14. The van der Waals surface area contributed by atoms with Crippen LogP contribution in [0.5, 0.6) is 0 Å². The smallest absolute Gasteiger partial charge is 0.0496 e. The summed E-state index contributed by atoms with van der Waals surface area (Å²) in [4.78, 5) is 0. The Morgan fingerprint density at radius 2 is 1.08 bits per heavy atom. The van der Waals surface area contributed by atoms with Crippen LogP contribution < -0.4 is 0 Å². The van der Waals surface area contributed by atoms with Crippen LogP contribution in [0.1, 0.15) is 0 Å². The van der Waals surface area contributed by atoms with E-state index in [-0.39, 0.29) is 0 Å². The summed E-state index contributed by atoms with van der Waals surface area (Å²) in [6.07, 6.45) is 3.28. The van der Waals surface area contributed by atoms with Gasteiger partial charge in [-0.3, -0.25) is 0 Å². The Hall–Kier alpha value is -1.70. The molecule has 1 aromatic heterocycles. The molecule has 1 heterocycles. The minimum Gasteiger partial charge on any atom is -0.159 e. The van der Waals surface area contributed by atoms with Crippen LogP contribution >= 0.6 is 0 Å². The van der Waals surface area contributed by atoms with E-state index in [9.17, 15) is 0 Å². The molecule has 58 valence electrons. The van der Waals surface area contributed by atoms with Crippen molar-refractivity contribution in [1.82, 2.24) is 10.2 Å². The molecule has 2 aliphatic rings. The quantitative estimate of drug-likeness (QED) is 0.498. The maximum Gasteiger partial charge on any atom is 0.0496 e. The lowest BCUT2D eigenvalue weighted by molar-refractivity contribution is 1.03. The summed E-state index contributed by atoms with van der Waals surface area (Å²) in [5.41, 5.74) is 2.85. The van der Waals surface area contributed by atoms with Crippen LogP contribution in [0, 0.1) is 0 Å². The van der Waals surface area contributed by atoms with E-state index >= 15 is 0 Å². The topological polar surface area (TPSA) is 25.8 Å². The molecule has 0 N–H and O–H groups in total. The highest BCUT2D eigenvalue weighted by atomic mass is 15.1. The minimum atomic E-state index is 1.43. The molecule has 0 radical (unpaired) electrons. The fourth-order valence-corrected chi connectivity index (χ4v) is 0.916. The highest BCUT2D eigenvalue weighted by Crippen LogP contribution is 2.29. The van der Waals surface area contributed by atoms with E-state index in [0.29, 0.717) is 0 Å². The van der Waals surface area contributed by atoms with Crippen molar-refractivity contribution in [3.8, 4) is 11.1 Å². The first kappa shape index (κ1) is 6.98. The third-order valence-corrected chi connectivity index (χ3v) is 1.70. The highest BCUT2D eigenvalue weighted by molar-refractivity contribution is 5.75. The lowest BCUT2D eigenvalue weighted by Crippen LogP contribution is -1.85. The van der Waals surface area contributed by atoms with Gasteiger partial charge in [0.25, 0.3) is 0 Å². The van der Waals surface area contributed by atoms with Crippen LogP contribution in [0.4, 0.5) is 0 Å². The van der Waals surface area contributed by atoms with Crippen LogP contribution in [0.25, 0.3) is 11.1 Å². The van der Waals surface area contributed by atoms with Gasteiger partial charge in [0.05, 0.1) is 0 Å². The van der Waals surface area contributed by atoms with Gasteiger partial charge in [-0.05, 0) is 23.3 Å². The summed E-state index contributed by atoms with van der Waals surface area (Å²) in [5.74, 6) is 0. The van der Waals surface area contributed by atoms with Crippen molar-refractivity contribution in [2.24, 2.45) is 0 Å². The second kappa shape index (κ2) is 3.13. The molecule has 0 spiro atoms. The van der Waals surface area contributed by atoms with Crippen molar-refractivity contribution in [3.05, 3.63) is 48.8 Å². The second-order valence-electron chi connectivity index (χ2n) is 2.49. The summed E-state index contributed by atoms with van der Waals surface area (Å²) in [7, 11) is 0. The SMILES string of the molecule is c1cc2ccc1-2.c1ccnnc1. The summed E-state index contributed by atoms with van der Waals surface area (Å²) in [6, 6.07) is 12.1. The summed E-state index contributed by atoms with van der Waals surface area (Å²) >= 11 is 0. The van der Waals surface area contributed by atoms with E-state index in [1.807, 2.05) is 12.1 Å². The molecular formula is C10H8N2.